The van der Waals surface area contributed by atoms with Crippen LogP contribution in [0, 0.1) is 0 Å². The Hall–Kier alpha value is -2.60. The molecule has 2 aromatic carbocycles. The molecular weight excluding hydrogens is 356 g/mol. The van der Waals surface area contributed by atoms with Crippen molar-refractivity contribution in [3.63, 3.8) is 0 Å². The van der Waals surface area contributed by atoms with Crippen LogP contribution in [0.25, 0.3) is 10.8 Å². The number of benzene rings is 2. The third-order valence-electron chi connectivity index (χ3n) is 3.96. The lowest BCUT2D eigenvalue weighted by Gasteiger charge is -2.14. The predicted molar refractivity (Wildman–Crippen MR) is 111 cm³/mol. The first kappa shape index (κ1) is 21.7. The van der Waals surface area contributed by atoms with Gasteiger partial charge in [0, 0.05) is 19.2 Å². The van der Waals surface area contributed by atoms with Crippen LogP contribution in [0.4, 0.5) is 0 Å². The summed E-state index contributed by atoms with van der Waals surface area (Å²) in [5, 5.41) is 7.56. The lowest BCUT2D eigenvalue weighted by molar-refractivity contribution is -0.123. The Labute approximate surface area is 166 Å². The highest BCUT2D eigenvalue weighted by atomic mass is 16.5. The summed E-state index contributed by atoms with van der Waals surface area (Å²) in [6.45, 7) is 8.68. The molecule has 0 bridgehead atoms. The van der Waals surface area contributed by atoms with E-state index in [0.29, 0.717) is 24.5 Å². The van der Waals surface area contributed by atoms with Crippen molar-refractivity contribution in [2.24, 2.45) is 0 Å². The van der Waals surface area contributed by atoms with Crippen LogP contribution in [0.3, 0.4) is 0 Å². The summed E-state index contributed by atoms with van der Waals surface area (Å²) in [5.41, 5.74) is 0.417. The molecule has 0 fully saturated rings. The molecule has 6 heteroatoms. The van der Waals surface area contributed by atoms with E-state index in [2.05, 4.69) is 10.6 Å². The first-order valence-corrected chi connectivity index (χ1v) is 9.71. The average Bonchev–Trinajstić information content (AvgIpc) is 2.64. The number of carbonyl (C=O) groups is 2. The molecule has 0 unspecified atom stereocenters. The molecule has 0 saturated carbocycles. The van der Waals surface area contributed by atoms with Gasteiger partial charge in [0.2, 0.25) is 0 Å². The number of hydrogen-bond acceptors (Lipinski definition) is 4. The SMILES string of the molecule is CC(C)NC(=O)COc1cc2ccccc2cc1C(=O)NCCCOC(C)C. The van der Waals surface area contributed by atoms with Crippen LogP contribution in [0.1, 0.15) is 44.5 Å². The largest absolute Gasteiger partial charge is 0.483 e. The van der Waals surface area contributed by atoms with Crippen LogP contribution in [0.2, 0.25) is 0 Å². The zero-order valence-electron chi connectivity index (χ0n) is 17.1. The predicted octanol–water partition coefficient (Wildman–Crippen LogP) is 3.29. The first-order valence-electron chi connectivity index (χ1n) is 9.71. The molecule has 0 aliphatic rings. The van der Waals surface area contributed by atoms with Crippen molar-refractivity contribution < 1.29 is 19.1 Å². The lowest BCUT2D eigenvalue weighted by Crippen LogP contribution is -2.34. The molecule has 2 N–H and O–H groups in total. The standard InChI is InChI=1S/C22H30N2O4/c1-15(2)24-21(25)14-28-20-13-18-9-6-5-8-17(18)12-19(20)22(26)23-10-7-11-27-16(3)4/h5-6,8-9,12-13,15-16H,7,10-11,14H2,1-4H3,(H,23,26)(H,24,25). The van der Waals surface area contributed by atoms with Crippen LogP contribution in [-0.2, 0) is 9.53 Å². The van der Waals surface area contributed by atoms with Crippen molar-refractivity contribution in [1.29, 1.82) is 0 Å². The van der Waals surface area contributed by atoms with Gasteiger partial charge in [-0.3, -0.25) is 9.59 Å². The van der Waals surface area contributed by atoms with E-state index in [0.717, 1.165) is 17.2 Å². The molecule has 0 aromatic heterocycles. The van der Waals surface area contributed by atoms with E-state index < -0.39 is 0 Å². The van der Waals surface area contributed by atoms with E-state index >= 15 is 0 Å². The van der Waals surface area contributed by atoms with Crippen molar-refractivity contribution >= 4 is 22.6 Å². The van der Waals surface area contributed by atoms with Gasteiger partial charge in [-0.2, -0.15) is 0 Å². The minimum Gasteiger partial charge on any atom is -0.483 e. The summed E-state index contributed by atoms with van der Waals surface area (Å²) in [7, 11) is 0. The highest BCUT2D eigenvalue weighted by Gasteiger charge is 2.15. The van der Waals surface area contributed by atoms with Gasteiger partial charge in [-0.1, -0.05) is 24.3 Å². The molecule has 28 heavy (non-hydrogen) atoms. The van der Waals surface area contributed by atoms with Gasteiger partial charge < -0.3 is 20.1 Å². The molecule has 0 heterocycles. The van der Waals surface area contributed by atoms with Crippen LogP contribution in [0.5, 0.6) is 5.75 Å². The van der Waals surface area contributed by atoms with Gasteiger partial charge in [0.05, 0.1) is 11.7 Å². The molecular formula is C22H30N2O4. The summed E-state index contributed by atoms with van der Waals surface area (Å²) in [4.78, 5) is 24.6. The summed E-state index contributed by atoms with van der Waals surface area (Å²) < 4.78 is 11.2. The quantitative estimate of drug-likeness (QED) is 0.615. The molecule has 0 spiro atoms. The van der Waals surface area contributed by atoms with Gasteiger partial charge in [0.1, 0.15) is 5.75 Å². The fourth-order valence-corrected chi connectivity index (χ4v) is 2.71. The average molecular weight is 386 g/mol. The number of fused-ring (bicyclic) bond motifs is 1. The third kappa shape index (κ3) is 6.85. The van der Waals surface area contributed by atoms with E-state index in [1.807, 2.05) is 52.0 Å². The maximum atomic E-state index is 12.7. The fraction of sp³-hybridized carbons (Fsp3) is 0.455. The smallest absolute Gasteiger partial charge is 0.258 e. The highest BCUT2D eigenvalue weighted by Crippen LogP contribution is 2.26. The van der Waals surface area contributed by atoms with Gasteiger partial charge in [0.25, 0.3) is 11.8 Å². The van der Waals surface area contributed by atoms with Crippen molar-refractivity contribution in [1.82, 2.24) is 10.6 Å². The van der Waals surface area contributed by atoms with E-state index in [9.17, 15) is 9.59 Å². The van der Waals surface area contributed by atoms with Crippen LogP contribution >= 0.6 is 0 Å². The Morgan fingerprint density at radius 2 is 1.71 bits per heavy atom. The third-order valence-corrected chi connectivity index (χ3v) is 3.96. The molecule has 2 rings (SSSR count). The Kier molecular flexibility index (Phi) is 8.26. The van der Waals surface area contributed by atoms with E-state index in [-0.39, 0.29) is 30.6 Å². The second kappa shape index (κ2) is 10.7. The number of ether oxygens (including phenoxy) is 2. The molecule has 0 saturated heterocycles. The maximum absolute atomic E-state index is 12.7. The monoisotopic (exact) mass is 386 g/mol. The Morgan fingerprint density at radius 1 is 1.04 bits per heavy atom. The molecule has 6 nitrogen and oxygen atoms in total. The van der Waals surface area contributed by atoms with Gasteiger partial charge in [-0.15, -0.1) is 0 Å². The highest BCUT2D eigenvalue weighted by molar-refractivity contribution is 6.01. The summed E-state index contributed by atoms with van der Waals surface area (Å²) in [5.74, 6) is -0.0524. The molecule has 0 radical (unpaired) electrons. The Balaban J connectivity index is 2.10. The zero-order valence-corrected chi connectivity index (χ0v) is 17.1. The van der Waals surface area contributed by atoms with Crippen LogP contribution in [-0.4, -0.2) is 43.7 Å². The van der Waals surface area contributed by atoms with E-state index in [1.54, 1.807) is 12.1 Å². The molecule has 0 aliphatic carbocycles. The van der Waals surface area contributed by atoms with E-state index in [4.69, 9.17) is 9.47 Å². The normalized spacial score (nSPS) is 11.1. The number of carbonyl (C=O) groups excluding carboxylic acids is 2. The first-order chi connectivity index (χ1) is 13.4. The second-order valence-electron chi connectivity index (χ2n) is 7.24. The van der Waals surface area contributed by atoms with Gasteiger partial charge in [-0.25, -0.2) is 0 Å². The Morgan fingerprint density at radius 3 is 2.36 bits per heavy atom. The molecule has 2 aromatic rings. The van der Waals surface area contributed by atoms with Gasteiger partial charge >= 0.3 is 0 Å². The van der Waals surface area contributed by atoms with Crippen molar-refractivity contribution in [3.05, 3.63) is 42.0 Å². The van der Waals surface area contributed by atoms with Crippen LogP contribution < -0.4 is 15.4 Å². The van der Waals surface area contributed by atoms with Crippen molar-refractivity contribution in [2.45, 2.75) is 46.3 Å². The fourth-order valence-electron chi connectivity index (χ4n) is 2.71. The molecule has 0 atom stereocenters. The topological polar surface area (TPSA) is 76.7 Å². The number of hydrogen-bond donors (Lipinski definition) is 2. The molecule has 0 aliphatic heterocycles. The van der Waals surface area contributed by atoms with Gasteiger partial charge in [0.15, 0.2) is 6.61 Å². The molecule has 152 valence electrons. The van der Waals surface area contributed by atoms with E-state index in [1.165, 1.54) is 0 Å². The second-order valence-corrected chi connectivity index (χ2v) is 7.24. The summed E-state index contributed by atoms with van der Waals surface area (Å²) >= 11 is 0. The van der Waals surface area contributed by atoms with Crippen molar-refractivity contribution in [3.8, 4) is 5.75 Å². The van der Waals surface area contributed by atoms with Crippen LogP contribution in [0.15, 0.2) is 36.4 Å². The molecule has 2 amide bonds. The summed E-state index contributed by atoms with van der Waals surface area (Å²) in [6.07, 6.45) is 0.901. The number of rotatable bonds is 10. The maximum Gasteiger partial charge on any atom is 0.258 e. The zero-order chi connectivity index (χ0) is 20.5. The Bertz CT molecular complexity index is 802. The minimum absolute atomic E-state index is 0.0310. The summed E-state index contributed by atoms with van der Waals surface area (Å²) in [6, 6.07) is 11.4. The van der Waals surface area contributed by atoms with Gasteiger partial charge in [-0.05, 0) is 57.0 Å². The lowest BCUT2D eigenvalue weighted by atomic mass is 10.1. The van der Waals surface area contributed by atoms with Crippen molar-refractivity contribution in [2.75, 3.05) is 19.8 Å². The number of nitrogens with one attached hydrogen (secondary N) is 2. The number of amides is 2. The minimum atomic E-state index is -0.227.